The molecule has 0 aromatic heterocycles. The maximum Gasteiger partial charge on any atom is 0.307 e. The zero-order valence-electron chi connectivity index (χ0n) is 11.7. The van der Waals surface area contributed by atoms with E-state index in [1.165, 1.54) is 7.11 Å². The second-order valence-electron chi connectivity index (χ2n) is 4.54. The maximum atomic E-state index is 10.9. The van der Waals surface area contributed by atoms with Gasteiger partial charge in [0.2, 0.25) is 0 Å². The molecule has 20 heavy (non-hydrogen) atoms. The number of methoxy groups -OCH3 is 1. The molecule has 0 saturated heterocycles. The summed E-state index contributed by atoms with van der Waals surface area (Å²) >= 11 is 0. The van der Waals surface area contributed by atoms with E-state index in [9.17, 15) is 15.0 Å². The van der Waals surface area contributed by atoms with Gasteiger partial charge >= 0.3 is 5.97 Å². The van der Waals surface area contributed by atoms with Gasteiger partial charge in [-0.1, -0.05) is 6.07 Å². The molecule has 0 aliphatic carbocycles. The van der Waals surface area contributed by atoms with Crippen LogP contribution in [0.15, 0.2) is 18.2 Å². The molecule has 0 aliphatic heterocycles. The van der Waals surface area contributed by atoms with E-state index in [0.29, 0.717) is 29.8 Å². The summed E-state index contributed by atoms with van der Waals surface area (Å²) in [6, 6.07) is 4.79. The van der Waals surface area contributed by atoms with Crippen molar-refractivity contribution in [1.82, 2.24) is 5.32 Å². The van der Waals surface area contributed by atoms with Crippen LogP contribution in [0, 0.1) is 0 Å². The van der Waals surface area contributed by atoms with Crippen LogP contribution in [-0.4, -0.2) is 48.1 Å². The van der Waals surface area contributed by atoms with Gasteiger partial charge in [-0.05, 0) is 43.3 Å². The molecule has 2 unspecified atom stereocenters. The van der Waals surface area contributed by atoms with Gasteiger partial charge in [-0.2, -0.15) is 0 Å². The fourth-order valence-electron chi connectivity index (χ4n) is 1.96. The lowest BCUT2D eigenvalue weighted by Crippen LogP contribution is -2.24. The Kier molecular flexibility index (Phi) is 6.44. The number of carboxylic acids is 1. The molecule has 1 aromatic carbocycles. The predicted octanol–water partition coefficient (Wildman–Crippen LogP) is 0.326. The molecule has 0 spiro atoms. The summed E-state index contributed by atoms with van der Waals surface area (Å²) in [6.45, 7) is 0.552. The van der Waals surface area contributed by atoms with E-state index in [0.717, 1.165) is 0 Å². The molecular formula is C14H21NO5. The van der Waals surface area contributed by atoms with Crippen molar-refractivity contribution in [3.05, 3.63) is 29.3 Å². The number of carbonyl (C=O) groups is 1. The minimum Gasteiger partial charge on any atom is -0.497 e. The van der Waals surface area contributed by atoms with Crippen LogP contribution in [0.3, 0.4) is 0 Å². The number of aliphatic hydroxyl groups is 2. The van der Waals surface area contributed by atoms with E-state index in [-0.39, 0.29) is 6.42 Å². The largest absolute Gasteiger partial charge is 0.497 e. The van der Waals surface area contributed by atoms with Crippen LogP contribution in [0.25, 0.3) is 0 Å². The Labute approximate surface area is 118 Å². The zero-order chi connectivity index (χ0) is 15.1. The van der Waals surface area contributed by atoms with Crippen molar-refractivity contribution in [1.29, 1.82) is 0 Å². The quantitative estimate of drug-likeness (QED) is 0.548. The molecule has 0 saturated carbocycles. The molecule has 112 valence electrons. The van der Waals surface area contributed by atoms with Crippen molar-refractivity contribution in [3.8, 4) is 5.75 Å². The third kappa shape index (κ3) is 4.48. The third-order valence-electron chi connectivity index (χ3n) is 3.07. The van der Waals surface area contributed by atoms with E-state index in [2.05, 4.69) is 5.32 Å². The van der Waals surface area contributed by atoms with Crippen LogP contribution in [-0.2, 0) is 11.2 Å². The molecule has 0 aliphatic rings. The minimum absolute atomic E-state index is 0.213. The van der Waals surface area contributed by atoms with Crippen LogP contribution in [0.1, 0.15) is 23.7 Å². The highest BCUT2D eigenvalue weighted by molar-refractivity contribution is 5.71. The number of aliphatic carboxylic acids is 1. The van der Waals surface area contributed by atoms with E-state index in [1.807, 2.05) is 0 Å². The zero-order valence-corrected chi connectivity index (χ0v) is 11.7. The first-order chi connectivity index (χ1) is 9.49. The molecule has 0 bridgehead atoms. The molecule has 0 heterocycles. The summed E-state index contributed by atoms with van der Waals surface area (Å²) in [4.78, 5) is 10.9. The van der Waals surface area contributed by atoms with Crippen LogP contribution in [0.5, 0.6) is 5.75 Å². The Morgan fingerprint density at radius 3 is 2.65 bits per heavy atom. The topological polar surface area (TPSA) is 99.0 Å². The number of ether oxygens (including phenoxy) is 1. The van der Waals surface area contributed by atoms with Crippen LogP contribution >= 0.6 is 0 Å². The van der Waals surface area contributed by atoms with E-state index in [1.54, 1.807) is 25.2 Å². The average Bonchev–Trinajstić information content (AvgIpc) is 2.43. The molecule has 6 heteroatoms. The van der Waals surface area contributed by atoms with Gasteiger partial charge in [0.05, 0.1) is 19.6 Å². The number of carboxylic acid groups (broad SMARTS) is 1. The molecule has 0 radical (unpaired) electrons. The van der Waals surface area contributed by atoms with Gasteiger partial charge in [0.1, 0.15) is 11.9 Å². The number of aliphatic hydroxyl groups excluding tert-OH is 2. The Bertz CT molecular complexity index is 449. The van der Waals surface area contributed by atoms with Crippen molar-refractivity contribution >= 4 is 5.97 Å². The molecule has 2 atom stereocenters. The van der Waals surface area contributed by atoms with Crippen molar-refractivity contribution in [3.63, 3.8) is 0 Å². The van der Waals surface area contributed by atoms with Crippen LogP contribution in [0.4, 0.5) is 0 Å². The standard InChI is InChI=1S/C14H21NO5/c1-15-6-5-12(16)14(19)11-8-10(20-2)4-3-9(11)7-13(17)18/h3-4,8,12,14-16,19H,5-7H2,1-2H3,(H,17,18). The highest BCUT2D eigenvalue weighted by atomic mass is 16.5. The van der Waals surface area contributed by atoms with Gasteiger partial charge in [-0.3, -0.25) is 4.79 Å². The number of nitrogens with one attached hydrogen (secondary N) is 1. The van der Waals surface area contributed by atoms with Crippen LogP contribution < -0.4 is 10.1 Å². The van der Waals surface area contributed by atoms with Crippen molar-refractivity contribution < 1.29 is 24.9 Å². The average molecular weight is 283 g/mol. The summed E-state index contributed by atoms with van der Waals surface area (Å²) < 4.78 is 5.07. The number of hydrogen-bond donors (Lipinski definition) is 4. The Morgan fingerprint density at radius 1 is 1.40 bits per heavy atom. The Morgan fingerprint density at radius 2 is 2.10 bits per heavy atom. The Hall–Kier alpha value is -1.63. The number of hydrogen-bond acceptors (Lipinski definition) is 5. The lowest BCUT2D eigenvalue weighted by atomic mass is 9.95. The van der Waals surface area contributed by atoms with E-state index >= 15 is 0 Å². The van der Waals surface area contributed by atoms with Gasteiger partial charge in [0, 0.05) is 0 Å². The molecule has 4 N–H and O–H groups in total. The van der Waals surface area contributed by atoms with Gasteiger partial charge in [0.25, 0.3) is 0 Å². The number of benzene rings is 1. The van der Waals surface area contributed by atoms with Gasteiger partial charge in [-0.25, -0.2) is 0 Å². The van der Waals surface area contributed by atoms with E-state index < -0.39 is 18.2 Å². The van der Waals surface area contributed by atoms with Gasteiger partial charge in [-0.15, -0.1) is 0 Å². The minimum atomic E-state index is -1.15. The second-order valence-corrected chi connectivity index (χ2v) is 4.54. The maximum absolute atomic E-state index is 10.9. The Balaban J connectivity index is 3.01. The second kappa shape index (κ2) is 7.84. The third-order valence-corrected chi connectivity index (χ3v) is 3.07. The summed E-state index contributed by atoms with van der Waals surface area (Å²) in [7, 11) is 3.24. The number of rotatable bonds is 8. The lowest BCUT2D eigenvalue weighted by Gasteiger charge is -2.21. The lowest BCUT2D eigenvalue weighted by molar-refractivity contribution is -0.136. The summed E-state index contributed by atoms with van der Waals surface area (Å²) in [5.41, 5.74) is 0.852. The predicted molar refractivity (Wildman–Crippen MR) is 73.8 cm³/mol. The highest BCUT2D eigenvalue weighted by Crippen LogP contribution is 2.27. The molecule has 1 rings (SSSR count). The SMILES string of the molecule is CNCCC(O)C(O)c1cc(OC)ccc1CC(=O)O. The van der Waals surface area contributed by atoms with Crippen molar-refractivity contribution in [2.24, 2.45) is 0 Å². The molecule has 6 nitrogen and oxygen atoms in total. The van der Waals surface area contributed by atoms with Crippen LogP contribution in [0.2, 0.25) is 0 Å². The van der Waals surface area contributed by atoms with Gasteiger partial charge in [0.15, 0.2) is 0 Å². The summed E-state index contributed by atoms with van der Waals surface area (Å²) in [5.74, 6) is -0.484. The fourth-order valence-corrected chi connectivity index (χ4v) is 1.96. The van der Waals surface area contributed by atoms with Gasteiger partial charge < -0.3 is 25.4 Å². The molecule has 0 fully saturated rings. The highest BCUT2D eigenvalue weighted by Gasteiger charge is 2.22. The summed E-state index contributed by atoms with van der Waals surface area (Å²) in [6.07, 6.45) is -1.97. The monoisotopic (exact) mass is 283 g/mol. The van der Waals surface area contributed by atoms with Crippen molar-refractivity contribution in [2.75, 3.05) is 20.7 Å². The smallest absolute Gasteiger partial charge is 0.307 e. The first kappa shape index (κ1) is 16.4. The molecular weight excluding hydrogens is 262 g/mol. The van der Waals surface area contributed by atoms with Crippen molar-refractivity contribution in [2.45, 2.75) is 25.0 Å². The first-order valence-corrected chi connectivity index (χ1v) is 6.39. The molecule has 0 amide bonds. The molecule has 1 aromatic rings. The summed E-state index contributed by atoms with van der Waals surface area (Å²) in [5, 5.41) is 31.9. The fraction of sp³-hybridized carbons (Fsp3) is 0.500. The normalized spacial score (nSPS) is 13.8. The van der Waals surface area contributed by atoms with E-state index in [4.69, 9.17) is 9.84 Å². The first-order valence-electron chi connectivity index (χ1n) is 6.39.